The molecule has 190 valence electrons. The van der Waals surface area contributed by atoms with Crippen LogP contribution in [0.4, 0.5) is 11.4 Å². The second kappa shape index (κ2) is 9.98. The van der Waals surface area contributed by atoms with Crippen molar-refractivity contribution in [2.75, 3.05) is 30.3 Å². The van der Waals surface area contributed by atoms with Crippen LogP contribution < -0.4 is 24.8 Å². The number of fused-ring (bicyclic) bond motifs is 1. The number of hydrogen-bond donors (Lipinski definition) is 1. The maximum absolute atomic E-state index is 13.4. The second-order valence-corrected chi connectivity index (χ2v) is 10.3. The molecule has 0 aliphatic heterocycles. The highest BCUT2D eigenvalue weighted by molar-refractivity contribution is 7.92. The minimum Gasteiger partial charge on any atom is -0.493 e. The third-order valence-corrected chi connectivity index (χ3v) is 7.13. The first-order chi connectivity index (χ1) is 17.1. The summed E-state index contributed by atoms with van der Waals surface area (Å²) in [5, 5.41) is 0. The fourth-order valence-corrected chi connectivity index (χ4v) is 4.90. The number of rotatable bonds is 9. The molecule has 0 bridgehead atoms. The molecular weight excluding hydrogens is 480 g/mol. The molecule has 0 saturated heterocycles. The lowest BCUT2D eigenvalue weighted by atomic mass is 10.2. The molecule has 4 aromatic rings. The zero-order valence-electron chi connectivity index (χ0n) is 21.0. The number of ether oxygens (including phenoxy) is 2. The van der Waals surface area contributed by atoms with E-state index in [0.29, 0.717) is 29.1 Å². The lowest BCUT2D eigenvalue weighted by molar-refractivity contribution is 0.316. The van der Waals surface area contributed by atoms with Crippen molar-refractivity contribution in [2.24, 2.45) is 14.1 Å². The maximum atomic E-state index is 13.4. The van der Waals surface area contributed by atoms with Gasteiger partial charge in [0.15, 0.2) is 5.75 Å². The van der Waals surface area contributed by atoms with Crippen LogP contribution in [0.25, 0.3) is 11.0 Å². The van der Waals surface area contributed by atoms with E-state index in [4.69, 9.17) is 9.47 Å². The zero-order chi connectivity index (χ0) is 26.0. The quantitative estimate of drug-likeness (QED) is 0.360. The molecule has 3 aromatic carbocycles. The third-order valence-electron chi connectivity index (χ3n) is 5.77. The Balaban J connectivity index is 1.80. The van der Waals surface area contributed by atoms with E-state index in [0.717, 1.165) is 12.1 Å². The Morgan fingerprint density at radius 3 is 2.28 bits per heavy atom. The van der Waals surface area contributed by atoms with E-state index in [1.54, 1.807) is 56.6 Å². The van der Waals surface area contributed by atoms with Gasteiger partial charge in [0.05, 0.1) is 28.2 Å². The number of sulfonamides is 1. The van der Waals surface area contributed by atoms with Crippen molar-refractivity contribution in [1.82, 2.24) is 9.13 Å². The van der Waals surface area contributed by atoms with Gasteiger partial charge in [-0.15, -0.1) is 0 Å². The van der Waals surface area contributed by atoms with Gasteiger partial charge in [0.25, 0.3) is 10.0 Å². The van der Waals surface area contributed by atoms with Crippen LogP contribution in [0.5, 0.6) is 17.2 Å². The first-order valence-electron chi connectivity index (χ1n) is 11.5. The number of anilines is 2. The predicted octanol–water partition coefficient (Wildman–Crippen LogP) is 4.32. The topological polar surface area (TPSA) is 94.8 Å². The molecule has 0 aliphatic rings. The van der Waals surface area contributed by atoms with Gasteiger partial charge in [-0.05, 0) is 42.8 Å². The highest BCUT2D eigenvalue weighted by Gasteiger charge is 2.21. The number of aromatic nitrogens is 2. The van der Waals surface area contributed by atoms with Crippen molar-refractivity contribution < 1.29 is 17.9 Å². The van der Waals surface area contributed by atoms with Crippen LogP contribution in [0.1, 0.15) is 13.3 Å². The minimum absolute atomic E-state index is 0.108. The van der Waals surface area contributed by atoms with Crippen LogP contribution in [0.3, 0.4) is 0 Å². The first kappa shape index (κ1) is 25.2. The Kier molecular flexibility index (Phi) is 6.98. The van der Waals surface area contributed by atoms with Gasteiger partial charge in [0.2, 0.25) is 0 Å². The van der Waals surface area contributed by atoms with Crippen molar-refractivity contribution in [3.05, 3.63) is 71.1 Å². The summed E-state index contributed by atoms with van der Waals surface area (Å²) in [6.45, 7) is 2.59. The number of imidazole rings is 1. The summed E-state index contributed by atoms with van der Waals surface area (Å²) in [5.74, 6) is 1.37. The summed E-state index contributed by atoms with van der Waals surface area (Å²) in [6.07, 6.45) is 0.866. The summed E-state index contributed by atoms with van der Waals surface area (Å²) >= 11 is 0. The summed E-state index contributed by atoms with van der Waals surface area (Å²) in [6, 6.07) is 17.0. The molecule has 1 aromatic heterocycles. The van der Waals surface area contributed by atoms with Crippen LogP contribution in [0.2, 0.25) is 0 Å². The van der Waals surface area contributed by atoms with Gasteiger partial charge in [-0.25, -0.2) is 13.2 Å². The van der Waals surface area contributed by atoms with Gasteiger partial charge in [0, 0.05) is 46.0 Å². The highest BCUT2D eigenvalue weighted by Crippen LogP contribution is 2.36. The van der Waals surface area contributed by atoms with Crippen LogP contribution in [-0.4, -0.2) is 38.3 Å². The zero-order valence-corrected chi connectivity index (χ0v) is 21.8. The first-order valence-corrected chi connectivity index (χ1v) is 13.0. The molecule has 0 fully saturated rings. The highest BCUT2D eigenvalue weighted by atomic mass is 32.2. The molecule has 0 atom stereocenters. The standard InChI is InChI=1S/C26H30N4O5S/c1-6-13-34-19-10-8-11-20(15-19)35-25-17-24-23(29(4)26(31)30(24)5)16-22(25)27-36(32,33)21-12-7-9-18(14-21)28(2)3/h7-12,14-17,27H,6,13H2,1-5H3. The normalized spacial score (nSPS) is 11.5. The molecule has 0 spiro atoms. The summed E-state index contributed by atoms with van der Waals surface area (Å²) in [4.78, 5) is 14.5. The maximum Gasteiger partial charge on any atom is 0.328 e. The van der Waals surface area contributed by atoms with Gasteiger partial charge in [-0.3, -0.25) is 13.9 Å². The van der Waals surface area contributed by atoms with Crippen molar-refractivity contribution in [2.45, 2.75) is 18.2 Å². The van der Waals surface area contributed by atoms with Gasteiger partial charge < -0.3 is 14.4 Å². The van der Waals surface area contributed by atoms with Gasteiger partial charge >= 0.3 is 5.69 Å². The van der Waals surface area contributed by atoms with Crippen molar-refractivity contribution in [3.8, 4) is 17.2 Å². The van der Waals surface area contributed by atoms with Crippen molar-refractivity contribution >= 4 is 32.4 Å². The van der Waals surface area contributed by atoms with Gasteiger partial charge in [-0.1, -0.05) is 19.1 Å². The summed E-state index contributed by atoms with van der Waals surface area (Å²) in [7, 11) is 3.01. The number of aryl methyl sites for hydroxylation is 2. The smallest absolute Gasteiger partial charge is 0.328 e. The lowest BCUT2D eigenvalue weighted by Crippen LogP contribution is -2.19. The molecule has 9 nitrogen and oxygen atoms in total. The SMILES string of the molecule is CCCOc1cccc(Oc2cc3c(cc2NS(=O)(=O)c2cccc(N(C)C)c2)n(C)c(=O)n3C)c1. The average Bonchev–Trinajstić information content (AvgIpc) is 3.06. The van der Waals surface area contributed by atoms with Crippen LogP contribution in [-0.2, 0) is 24.1 Å². The number of nitrogens with one attached hydrogen (secondary N) is 1. The molecule has 0 radical (unpaired) electrons. The Labute approximate surface area is 210 Å². The van der Waals surface area contributed by atoms with Crippen LogP contribution in [0, 0.1) is 0 Å². The van der Waals surface area contributed by atoms with Crippen molar-refractivity contribution in [1.29, 1.82) is 0 Å². The van der Waals surface area contributed by atoms with Crippen molar-refractivity contribution in [3.63, 3.8) is 0 Å². The Hall–Kier alpha value is -3.92. The largest absolute Gasteiger partial charge is 0.493 e. The molecule has 0 saturated carbocycles. The van der Waals surface area contributed by atoms with E-state index < -0.39 is 10.0 Å². The molecule has 1 N–H and O–H groups in total. The molecule has 0 aliphatic carbocycles. The molecule has 1 heterocycles. The van der Waals surface area contributed by atoms with E-state index in [9.17, 15) is 13.2 Å². The fourth-order valence-electron chi connectivity index (χ4n) is 3.80. The minimum atomic E-state index is -3.96. The Bertz CT molecular complexity index is 1570. The molecule has 0 amide bonds. The molecule has 10 heteroatoms. The fraction of sp³-hybridized carbons (Fsp3) is 0.269. The number of benzene rings is 3. The third kappa shape index (κ3) is 5.03. The monoisotopic (exact) mass is 510 g/mol. The Morgan fingerprint density at radius 1 is 0.917 bits per heavy atom. The van der Waals surface area contributed by atoms with E-state index in [-0.39, 0.29) is 22.0 Å². The van der Waals surface area contributed by atoms with E-state index >= 15 is 0 Å². The lowest BCUT2D eigenvalue weighted by Gasteiger charge is -2.17. The number of hydrogen-bond acceptors (Lipinski definition) is 6. The Morgan fingerprint density at radius 2 is 1.58 bits per heavy atom. The predicted molar refractivity (Wildman–Crippen MR) is 142 cm³/mol. The van der Waals surface area contributed by atoms with E-state index in [1.165, 1.54) is 15.2 Å². The molecular formula is C26H30N4O5S. The summed E-state index contributed by atoms with van der Waals surface area (Å²) < 4.78 is 44.2. The average molecular weight is 511 g/mol. The molecule has 4 rings (SSSR count). The van der Waals surface area contributed by atoms with Crippen LogP contribution in [0.15, 0.2) is 70.4 Å². The van der Waals surface area contributed by atoms with Gasteiger partial charge in [-0.2, -0.15) is 0 Å². The molecule has 36 heavy (non-hydrogen) atoms. The molecule has 0 unspecified atom stereocenters. The van der Waals surface area contributed by atoms with Gasteiger partial charge in [0.1, 0.15) is 11.5 Å². The summed E-state index contributed by atoms with van der Waals surface area (Å²) in [5.41, 5.74) is 1.89. The van der Waals surface area contributed by atoms with E-state index in [1.807, 2.05) is 38.1 Å². The second-order valence-electron chi connectivity index (χ2n) is 8.66. The van der Waals surface area contributed by atoms with Crippen LogP contribution >= 0.6 is 0 Å². The number of nitrogens with zero attached hydrogens (tertiary/aromatic N) is 3. The van der Waals surface area contributed by atoms with E-state index in [2.05, 4.69) is 4.72 Å².